The van der Waals surface area contributed by atoms with Crippen LogP contribution in [0.25, 0.3) is 22.3 Å². The molecule has 190 valence electrons. The van der Waals surface area contributed by atoms with Gasteiger partial charge in [-0.2, -0.15) is 0 Å². The van der Waals surface area contributed by atoms with Gasteiger partial charge in [-0.1, -0.05) is 120 Å². The maximum absolute atomic E-state index is 2.46. The zero-order chi connectivity index (χ0) is 26.8. The summed E-state index contributed by atoms with van der Waals surface area (Å²) >= 11 is 0. The van der Waals surface area contributed by atoms with Crippen molar-refractivity contribution >= 4 is 17.1 Å². The smallest absolute Gasteiger partial charge is 0.0754 e. The lowest BCUT2D eigenvalue weighted by Gasteiger charge is -2.45. The second kappa shape index (κ2) is 8.56. The van der Waals surface area contributed by atoms with Crippen LogP contribution in [0.2, 0.25) is 0 Å². The first-order chi connectivity index (χ1) is 19.7. The molecule has 0 radical (unpaired) electrons. The van der Waals surface area contributed by atoms with E-state index in [-0.39, 0.29) is 0 Å². The van der Waals surface area contributed by atoms with Crippen LogP contribution in [0.1, 0.15) is 33.4 Å². The third-order valence-electron chi connectivity index (χ3n) is 8.76. The quantitative estimate of drug-likeness (QED) is 0.223. The molecule has 0 fully saturated rings. The summed E-state index contributed by atoms with van der Waals surface area (Å²) in [4.78, 5) is 2.44. The van der Waals surface area contributed by atoms with E-state index in [2.05, 4.69) is 158 Å². The van der Waals surface area contributed by atoms with Gasteiger partial charge in [0.25, 0.3) is 0 Å². The Kier molecular flexibility index (Phi) is 4.93. The van der Waals surface area contributed by atoms with E-state index in [0.717, 1.165) is 0 Å². The minimum absolute atomic E-state index is 0.422. The summed E-state index contributed by atoms with van der Waals surface area (Å²) < 4.78 is 0. The first kappa shape index (κ1) is 23.0. The molecule has 1 aliphatic carbocycles. The summed E-state index contributed by atoms with van der Waals surface area (Å²) in [6.45, 7) is 4.38. The molecule has 6 aromatic rings. The van der Waals surface area contributed by atoms with Crippen molar-refractivity contribution in [2.75, 3.05) is 4.90 Å². The molecular formula is C39H29N. The van der Waals surface area contributed by atoms with E-state index in [9.17, 15) is 0 Å². The molecule has 0 saturated carbocycles. The Morgan fingerprint density at radius 1 is 0.425 bits per heavy atom. The highest BCUT2D eigenvalue weighted by Gasteiger charge is 2.51. The van der Waals surface area contributed by atoms with Gasteiger partial charge >= 0.3 is 0 Å². The number of fused-ring (bicyclic) bond motifs is 9. The molecule has 1 nitrogen and oxygen atoms in total. The number of rotatable bonds is 2. The average Bonchev–Trinajstić information content (AvgIpc) is 3.27. The van der Waals surface area contributed by atoms with Crippen molar-refractivity contribution in [2.24, 2.45) is 0 Å². The van der Waals surface area contributed by atoms with Crippen molar-refractivity contribution in [3.63, 3.8) is 0 Å². The van der Waals surface area contributed by atoms with Crippen LogP contribution in [0.3, 0.4) is 0 Å². The highest BCUT2D eigenvalue weighted by molar-refractivity contribution is 5.96. The van der Waals surface area contributed by atoms with E-state index in [1.54, 1.807) is 0 Å². The number of hydrogen-bond acceptors (Lipinski definition) is 1. The van der Waals surface area contributed by atoms with Gasteiger partial charge in [0, 0.05) is 5.69 Å². The van der Waals surface area contributed by atoms with Crippen molar-refractivity contribution < 1.29 is 0 Å². The molecule has 0 amide bonds. The number of nitrogens with zero attached hydrogens (tertiary/aromatic N) is 1. The standard InChI is InChI=1S/C39H29N/c1-26-11-10-12-28(23-26)29-20-22-32-31-21-19-27(2)24-35(31)39(36(32)25-29)33-15-6-8-17-37(33)40(30-13-4-3-5-14-30)38-18-9-7-16-34(38)39/h3-25H,1-2H3. The first-order valence-electron chi connectivity index (χ1n) is 14.0. The molecule has 0 saturated heterocycles. The number of aryl methyl sites for hydroxylation is 2. The highest BCUT2D eigenvalue weighted by Crippen LogP contribution is 2.63. The lowest BCUT2D eigenvalue weighted by molar-refractivity contribution is 0.752. The fraction of sp³-hybridized carbons (Fsp3) is 0.0769. The van der Waals surface area contributed by atoms with Crippen LogP contribution in [0.4, 0.5) is 17.1 Å². The number of anilines is 3. The summed E-state index contributed by atoms with van der Waals surface area (Å²) in [5.41, 5.74) is 16.3. The van der Waals surface area contributed by atoms with Crippen LogP contribution >= 0.6 is 0 Å². The van der Waals surface area contributed by atoms with Crippen LogP contribution in [-0.2, 0) is 5.41 Å². The highest BCUT2D eigenvalue weighted by atomic mass is 15.2. The molecule has 0 N–H and O–H groups in total. The van der Waals surface area contributed by atoms with E-state index in [4.69, 9.17) is 0 Å². The fourth-order valence-electron chi connectivity index (χ4n) is 7.12. The van der Waals surface area contributed by atoms with E-state index < -0.39 is 5.41 Å². The summed E-state index contributed by atoms with van der Waals surface area (Å²) in [7, 11) is 0. The van der Waals surface area contributed by atoms with Gasteiger partial charge in [-0.25, -0.2) is 0 Å². The molecule has 1 heterocycles. The van der Waals surface area contributed by atoms with Gasteiger partial charge in [0.05, 0.1) is 16.8 Å². The first-order valence-corrected chi connectivity index (χ1v) is 14.0. The summed E-state index contributed by atoms with van der Waals surface area (Å²) in [6, 6.07) is 51.8. The molecule has 1 aliphatic heterocycles. The predicted octanol–water partition coefficient (Wildman–Crippen LogP) is 10.1. The normalized spacial score (nSPS) is 13.9. The van der Waals surface area contributed by atoms with E-state index in [1.165, 1.54) is 72.7 Å². The third kappa shape index (κ3) is 3.09. The molecule has 1 heteroatoms. The van der Waals surface area contributed by atoms with E-state index >= 15 is 0 Å². The fourth-order valence-corrected chi connectivity index (χ4v) is 7.12. The topological polar surface area (TPSA) is 3.24 Å². The Morgan fingerprint density at radius 3 is 1.70 bits per heavy atom. The monoisotopic (exact) mass is 511 g/mol. The molecule has 6 aromatic carbocycles. The minimum Gasteiger partial charge on any atom is -0.310 e. The average molecular weight is 512 g/mol. The van der Waals surface area contributed by atoms with Gasteiger partial charge in [-0.15, -0.1) is 0 Å². The minimum atomic E-state index is -0.422. The predicted molar refractivity (Wildman–Crippen MR) is 167 cm³/mol. The number of benzene rings is 6. The lowest BCUT2D eigenvalue weighted by atomic mass is 9.64. The second-order valence-electron chi connectivity index (χ2n) is 11.1. The van der Waals surface area contributed by atoms with Gasteiger partial charge < -0.3 is 4.90 Å². The molecule has 8 rings (SSSR count). The van der Waals surface area contributed by atoms with Crippen LogP contribution in [-0.4, -0.2) is 0 Å². The summed E-state index contributed by atoms with van der Waals surface area (Å²) in [5, 5.41) is 0. The maximum Gasteiger partial charge on any atom is 0.0754 e. The lowest BCUT2D eigenvalue weighted by Crippen LogP contribution is -2.36. The summed E-state index contributed by atoms with van der Waals surface area (Å²) in [6.07, 6.45) is 0. The van der Waals surface area contributed by atoms with Crippen LogP contribution in [0.5, 0.6) is 0 Å². The zero-order valence-corrected chi connectivity index (χ0v) is 22.7. The van der Waals surface area contributed by atoms with Crippen molar-refractivity contribution in [1.29, 1.82) is 0 Å². The van der Waals surface area contributed by atoms with Gasteiger partial charge in [0.2, 0.25) is 0 Å². The molecule has 0 bridgehead atoms. The molecular weight excluding hydrogens is 482 g/mol. The van der Waals surface area contributed by atoms with Crippen molar-refractivity contribution in [3.8, 4) is 22.3 Å². The second-order valence-corrected chi connectivity index (χ2v) is 11.1. The molecule has 40 heavy (non-hydrogen) atoms. The van der Waals surface area contributed by atoms with Crippen LogP contribution in [0.15, 0.2) is 140 Å². The van der Waals surface area contributed by atoms with E-state index in [0.29, 0.717) is 0 Å². The Hall–Kier alpha value is -4.88. The SMILES string of the molecule is Cc1cccc(-c2ccc3c(c2)C2(c4cc(C)ccc4-3)c3ccccc3N(c3ccccc3)c3ccccc32)c1. The summed E-state index contributed by atoms with van der Waals surface area (Å²) in [5.74, 6) is 0. The molecule has 0 atom stereocenters. The Bertz CT molecular complexity index is 1880. The molecule has 0 aromatic heterocycles. The Balaban J connectivity index is 1.51. The Morgan fingerprint density at radius 2 is 1.00 bits per heavy atom. The zero-order valence-electron chi connectivity index (χ0n) is 22.7. The van der Waals surface area contributed by atoms with Crippen molar-refractivity contribution in [1.82, 2.24) is 0 Å². The molecule has 2 aliphatic rings. The Labute approximate surface area is 236 Å². The molecule has 1 spiro atoms. The van der Waals surface area contributed by atoms with Crippen molar-refractivity contribution in [3.05, 3.63) is 173 Å². The van der Waals surface area contributed by atoms with Crippen LogP contribution in [0, 0.1) is 13.8 Å². The third-order valence-corrected chi connectivity index (χ3v) is 8.76. The van der Waals surface area contributed by atoms with Crippen molar-refractivity contribution in [2.45, 2.75) is 19.3 Å². The number of hydrogen-bond donors (Lipinski definition) is 0. The largest absolute Gasteiger partial charge is 0.310 e. The number of para-hydroxylation sites is 3. The van der Waals surface area contributed by atoms with Gasteiger partial charge in [0.1, 0.15) is 0 Å². The maximum atomic E-state index is 2.46. The van der Waals surface area contributed by atoms with E-state index in [1.807, 2.05) is 0 Å². The van der Waals surface area contributed by atoms with Gasteiger partial charge in [-0.3, -0.25) is 0 Å². The van der Waals surface area contributed by atoms with Gasteiger partial charge in [-0.05, 0) is 88.7 Å². The van der Waals surface area contributed by atoms with Gasteiger partial charge in [0.15, 0.2) is 0 Å². The molecule has 0 unspecified atom stereocenters. The van der Waals surface area contributed by atoms with Crippen LogP contribution < -0.4 is 4.90 Å².